The average Bonchev–Trinajstić information content (AvgIpc) is 2.41. The molecule has 0 saturated carbocycles. The van der Waals surface area contributed by atoms with E-state index >= 15 is 0 Å². The fourth-order valence-corrected chi connectivity index (χ4v) is 2.36. The number of hydrogen-bond acceptors (Lipinski definition) is 3. The number of likely N-dealkylation sites (tertiary alicyclic amines) is 1. The predicted octanol–water partition coefficient (Wildman–Crippen LogP) is 3.76. The number of halogens is 1. The number of rotatable bonds is 6. The highest BCUT2D eigenvalue weighted by Gasteiger charge is 2.09. The molecule has 0 amide bonds. The van der Waals surface area contributed by atoms with E-state index in [9.17, 15) is 0 Å². The van der Waals surface area contributed by atoms with Gasteiger partial charge in [0.1, 0.15) is 18.1 Å². The molecule has 1 aromatic rings. The maximum Gasteiger partial charge on any atom is 0.119 e. The summed E-state index contributed by atoms with van der Waals surface area (Å²) in [6.07, 6.45) is 4.27. The molecule has 1 aliphatic heterocycles. The highest BCUT2D eigenvalue weighted by atomic mass is 35.5. The molecule has 1 heterocycles. The Bertz CT molecular complexity index is 361. The molecular weight excluding hydrogens is 274 g/mol. The van der Waals surface area contributed by atoms with E-state index in [0.29, 0.717) is 0 Å². The minimum Gasteiger partial charge on any atom is -0.492 e. The molecule has 0 aromatic heterocycles. The summed E-state index contributed by atoms with van der Waals surface area (Å²) in [5.41, 5.74) is 0. The van der Waals surface area contributed by atoms with Gasteiger partial charge in [-0.05, 0) is 64.0 Å². The van der Waals surface area contributed by atoms with E-state index in [1.165, 1.54) is 32.4 Å². The lowest BCUT2D eigenvalue weighted by atomic mass is 10.1. The van der Waals surface area contributed by atoms with Crippen molar-refractivity contribution in [2.75, 3.05) is 26.2 Å². The molecule has 1 aliphatic rings. The summed E-state index contributed by atoms with van der Waals surface area (Å²) in [5, 5.41) is 0. The largest absolute Gasteiger partial charge is 0.492 e. The van der Waals surface area contributed by atoms with Crippen molar-refractivity contribution in [2.45, 2.75) is 39.2 Å². The molecule has 0 aliphatic carbocycles. The molecule has 1 aromatic carbocycles. The molecule has 0 unspecified atom stereocenters. The molecule has 20 heavy (non-hydrogen) atoms. The Kier molecular flexibility index (Phi) is 7.78. The van der Waals surface area contributed by atoms with E-state index in [2.05, 4.69) is 4.90 Å². The molecule has 0 N–H and O–H groups in total. The Morgan fingerprint density at radius 3 is 2.20 bits per heavy atom. The van der Waals surface area contributed by atoms with Crippen LogP contribution < -0.4 is 9.47 Å². The zero-order chi connectivity index (χ0) is 13.5. The molecule has 4 heteroatoms. The number of piperidine rings is 1. The van der Waals surface area contributed by atoms with Crippen molar-refractivity contribution in [2.24, 2.45) is 0 Å². The van der Waals surface area contributed by atoms with Gasteiger partial charge < -0.3 is 9.47 Å². The normalized spacial score (nSPS) is 15.8. The van der Waals surface area contributed by atoms with Crippen molar-refractivity contribution in [1.29, 1.82) is 0 Å². The second-order valence-electron chi connectivity index (χ2n) is 5.39. The number of hydrogen-bond donors (Lipinski definition) is 0. The highest BCUT2D eigenvalue weighted by molar-refractivity contribution is 5.85. The first-order valence-corrected chi connectivity index (χ1v) is 7.36. The SMILES string of the molecule is CC(C)Oc1ccc(OCCN2CCCCC2)cc1.Cl. The Hall–Kier alpha value is -0.930. The fraction of sp³-hybridized carbons (Fsp3) is 0.625. The van der Waals surface area contributed by atoms with E-state index < -0.39 is 0 Å². The van der Waals surface area contributed by atoms with Crippen molar-refractivity contribution in [1.82, 2.24) is 4.90 Å². The Balaban J connectivity index is 0.00000200. The van der Waals surface area contributed by atoms with Gasteiger partial charge in [-0.25, -0.2) is 0 Å². The first kappa shape index (κ1) is 17.1. The average molecular weight is 300 g/mol. The Morgan fingerprint density at radius 1 is 1.00 bits per heavy atom. The van der Waals surface area contributed by atoms with Gasteiger partial charge in [0.2, 0.25) is 0 Å². The van der Waals surface area contributed by atoms with Crippen LogP contribution in [0.5, 0.6) is 11.5 Å². The third-order valence-corrected chi connectivity index (χ3v) is 3.32. The molecule has 0 atom stereocenters. The van der Waals surface area contributed by atoms with Crippen molar-refractivity contribution in [3.05, 3.63) is 24.3 Å². The maximum atomic E-state index is 5.77. The number of nitrogens with zero attached hydrogens (tertiary/aromatic N) is 1. The van der Waals surface area contributed by atoms with Gasteiger partial charge in [0, 0.05) is 6.54 Å². The van der Waals surface area contributed by atoms with Crippen molar-refractivity contribution < 1.29 is 9.47 Å². The zero-order valence-electron chi connectivity index (χ0n) is 12.5. The van der Waals surface area contributed by atoms with Gasteiger partial charge >= 0.3 is 0 Å². The first-order chi connectivity index (χ1) is 9.24. The summed E-state index contributed by atoms with van der Waals surface area (Å²) >= 11 is 0. The lowest BCUT2D eigenvalue weighted by Crippen LogP contribution is -2.33. The van der Waals surface area contributed by atoms with E-state index in [4.69, 9.17) is 9.47 Å². The smallest absolute Gasteiger partial charge is 0.119 e. The molecule has 1 saturated heterocycles. The molecule has 114 valence electrons. The summed E-state index contributed by atoms with van der Waals surface area (Å²) in [6.45, 7) is 8.32. The van der Waals surface area contributed by atoms with Crippen LogP contribution in [0.4, 0.5) is 0 Å². The van der Waals surface area contributed by atoms with Crippen LogP contribution in [0.1, 0.15) is 33.1 Å². The molecule has 0 spiro atoms. The standard InChI is InChI=1S/C16H25NO2.ClH/c1-14(2)19-16-8-6-15(7-9-16)18-13-12-17-10-4-3-5-11-17;/h6-9,14H,3-5,10-13H2,1-2H3;1H. The van der Waals surface area contributed by atoms with E-state index in [1.54, 1.807) is 0 Å². The van der Waals surface area contributed by atoms with Gasteiger partial charge in [-0.1, -0.05) is 6.42 Å². The second kappa shape index (κ2) is 9.09. The molecule has 1 fully saturated rings. The van der Waals surface area contributed by atoms with Crippen LogP contribution in [0.15, 0.2) is 24.3 Å². The van der Waals surface area contributed by atoms with Crippen LogP contribution >= 0.6 is 12.4 Å². The zero-order valence-corrected chi connectivity index (χ0v) is 13.3. The maximum absolute atomic E-state index is 5.77. The predicted molar refractivity (Wildman–Crippen MR) is 85.2 cm³/mol. The molecule has 0 bridgehead atoms. The third kappa shape index (κ3) is 6.02. The van der Waals surface area contributed by atoms with Crippen molar-refractivity contribution in [3.8, 4) is 11.5 Å². The summed E-state index contributed by atoms with van der Waals surface area (Å²) in [5.74, 6) is 1.83. The number of ether oxygens (including phenoxy) is 2. The summed E-state index contributed by atoms with van der Waals surface area (Å²) in [7, 11) is 0. The summed E-state index contributed by atoms with van der Waals surface area (Å²) in [4.78, 5) is 2.49. The van der Waals surface area contributed by atoms with Crippen LogP contribution in [0.2, 0.25) is 0 Å². The Morgan fingerprint density at radius 2 is 1.60 bits per heavy atom. The number of benzene rings is 1. The molecule has 3 nitrogen and oxygen atoms in total. The third-order valence-electron chi connectivity index (χ3n) is 3.32. The lowest BCUT2D eigenvalue weighted by Gasteiger charge is -2.26. The molecular formula is C16H26ClNO2. The molecule has 0 radical (unpaired) electrons. The van der Waals surface area contributed by atoms with Crippen molar-refractivity contribution in [3.63, 3.8) is 0 Å². The molecule has 2 rings (SSSR count). The minimum atomic E-state index is 0. The van der Waals surface area contributed by atoms with E-state index in [-0.39, 0.29) is 18.5 Å². The van der Waals surface area contributed by atoms with Gasteiger partial charge in [0.25, 0.3) is 0 Å². The van der Waals surface area contributed by atoms with Crippen LogP contribution in [0.3, 0.4) is 0 Å². The van der Waals surface area contributed by atoms with Crippen LogP contribution in [-0.2, 0) is 0 Å². The van der Waals surface area contributed by atoms with E-state index in [1.807, 2.05) is 38.1 Å². The lowest BCUT2D eigenvalue weighted by molar-refractivity contribution is 0.183. The first-order valence-electron chi connectivity index (χ1n) is 7.36. The van der Waals surface area contributed by atoms with Gasteiger partial charge in [-0.2, -0.15) is 0 Å². The fourth-order valence-electron chi connectivity index (χ4n) is 2.36. The van der Waals surface area contributed by atoms with Gasteiger partial charge in [-0.3, -0.25) is 4.90 Å². The minimum absolute atomic E-state index is 0. The van der Waals surface area contributed by atoms with Gasteiger partial charge in [0.15, 0.2) is 0 Å². The monoisotopic (exact) mass is 299 g/mol. The topological polar surface area (TPSA) is 21.7 Å². The van der Waals surface area contributed by atoms with Gasteiger partial charge in [-0.15, -0.1) is 12.4 Å². The second-order valence-corrected chi connectivity index (χ2v) is 5.39. The summed E-state index contributed by atoms with van der Waals surface area (Å²) < 4.78 is 11.4. The van der Waals surface area contributed by atoms with Gasteiger partial charge in [0.05, 0.1) is 6.10 Å². The van der Waals surface area contributed by atoms with Crippen molar-refractivity contribution >= 4 is 12.4 Å². The highest BCUT2D eigenvalue weighted by Crippen LogP contribution is 2.18. The van der Waals surface area contributed by atoms with E-state index in [0.717, 1.165) is 24.7 Å². The van der Waals surface area contributed by atoms with Crippen LogP contribution in [0.25, 0.3) is 0 Å². The van der Waals surface area contributed by atoms with Crippen LogP contribution in [-0.4, -0.2) is 37.2 Å². The Labute approximate surface area is 128 Å². The quantitative estimate of drug-likeness (QED) is 0.798. The van der Waals surface area contributed by atoms with Crippen LogP contribution in [0, 0.1) is 0 Å². The summed E-state index contributed by atoms with van der Waals surface area (Å²) in [6, 6.07) is 7.90.